The van der Waals surface area contributed by atoms with Gasteiger partial charge >= 0.3 is 0 Å². The molecule has 8 rings (SSSR count). The number of primary amides is 1. The molecule has 496 valence electrons. The number of nitrogens with one attached hydrogen (secondary N) is 9. The Balaban J connectivity index is 0.960. The Morgan fingerprint density at radius 1 is 0.559 bits per heavy atom. The van der Waals surface area contributed by atoms with E-state index in [2.05, 4.69) is 47.2 Å². The second kappa shape index (κ2) is 33.1. The summed E-state index contributed by atoms with van der Waals surface area (Å²) in [5, 5.41) is 40.8. The fourth-order valence-corrected chi connectivity index (χ4v) is 12.1. The van der Waals surface area contributed by atoms with E-state index in [1.807, 2.05) is 78.9 Å². The molecule has 26 heteroatoms. The quantitative estimate of drug-likeness (QED) is 0.0258. The second-order valence-electron chi connectivity index (χ2n) is 24.3. The van der Waals surface area contributed by atoms with Crippen LogP contribution in [0.15, 0.2) is 116 Å². The minimum Gasteiger partial charge on any atom is -0.508 e. The van der Waals surface area contributed by atoms with E-state index >= 15 is 4.79 Å². The number of unbranched alkanes of at least 4 members (excludes halogenated alkanes) is 1. The van der Waals surface area contributed by atoms with Crippen LogP contribution in [0.2, 0.25) is 0 Å². The van der Waals surface area contributed by atoms with Crippen LogP contribution in [-0.4, -0.2) is 176 Å². The Hall–Kier alpha value is -9.66. The maximum atomic E-state index is 15.1. The van der Waals surface area contributed by atoms with E-state index in [1.165, 1.54) is 21.9 Å². The van der Waals surface area contributed by atoms with E-state index < -0.39 is 127 Å². The lowest BCUT2D eigenvalue weighted by Crippen LogP contribution is -2.60. The molecule has 0 unspecified atom stereocenters. The van der Waals surface area contributed by atoms with Gasteiger partial charge in [-0.25, -0.2) is 0 Å². The molecule has 10 amide bonds. The maximum absolute atomic E-state index is 15.1. The summed E-state index contributed by atoms with van der Waals surface area (Å²) in [6.45, 7) is 2.67. The van der Waals surface area contributed by atoms with Gasteiger partial charge < -0.3 is 84.4 Å². The molecule has 0 radical (unpaired) electrons. The number of aromatic nitrogens is 2. The van der Waals surface area contributed by atoms with Crippen LogP contribution in [0.25, 0.3) is 21.8 Å². The average molecular weight is 1280 g/mol. The highest BCUT2D eigenvalue weighted by Gasteiger charge is 2.41. The van der Waals surface area contributed by atoms with Gasteiger partial charge in [-0.3, -0.25) is 47.9 Å². The van der Waals surface area contributed by atoms with Crippen LogP contribution in [0.4, 0.5) is 0 Å². The average Bonchev–Trinajstić information content (AvgIpc) is 2.77. The summed E-state index contributed by atoms with van der Waals surface area (Å²) >= 11 is 0. The zero-order valence-corrected chi connectivity index (χ0v) is 52.4. The number of aliphatic hydroxyl groups is 1. The number of nitrogens with zero attached hydrogens (tertiary/aromatic N) is 2. The van der Waals surface area contributed by atoms with Crippen LogP contribution in [0.5, 0.6) is 5.75 Å². The minimum absolute atomic E-state index is 0.0110. The van der Waals surface area contributed by atoms with Crippen LogP contribution in [-0.2, 0) is 73.6 Å². The summed E-state index contributed by atoms with van der Waals surface area (Å²) in [5.74, 6) is -7.58. The molecule has 17 N–H and O–H groups in total. The van der Waals surface area contributed by atoms with Crippen LogP contribution in [0.3, 0.4) is 0 Å². The number of fused-ring (bicyclic) bond motifs is 2. The molecule has 0 saturated carbocycles. The molecule has 2 aromatic heterocycles. The number of aliphatic hydroxyl groups excluding tert-OH is 1. The number of rotatable bonds is 32. The summed E-state index contributed by atoms with van der Waals surface area (Å²) in [6.07, 6.45) is 6.09. The van der Waals surface area contributed by atoms with Gasteiger partial charge in [-0.1, -0.05) is 92.7 Å². The number of nitrogens with two attached hydrogens (primary N) is 3. The van der Waals surface area contributed by atoms with Crippen molar-refractivity contribution in [2.45, 2.75) is 145 Å². The van der Waals surface area contributed by atoms with Gasteiger partial charge in [0.15, 0.2) is 0 Å². The van der Waals surface area contributed by atoms with E-state index in [0.717, 1.165) is 27.4 Å². The van der Waals surface area contributed by atoms with E-state index in [4.69, 9.17) is 17.2 Å². The zero-order chi connectivity index (χ0) is 66.7. The van der Waals surface area contributed by atoms with E-state index in [9.17, 15) is 53.4 Å². The Bertz CT molecular complexity index is 3600. The number of likely N-dealkylation sites (tertiary alicyclic amines) is 2. The van der Waals surface area contributed by atoms with Crippen molar-refractivity contribution in [1.82, 2.24) is 57.0 Å². The van der Waals surface area contributed by atoms with Crippen LogP contribution < -0.4 is 54.4 Å². The zero-order valence-electron chi connectivity index (χ0n) is 52.4. The molecule has 0 bridgehead atoms. The molecule has 0 spiro atoms. The summed E-state index contributed by atoms with van der Waals surface area (Å²) in [5.41, 5.74) is 22.1. The third kappa shape index (κ3) is 18.8. The second-order valence-corrected chi connectivity index (χ2v) is 24.3. The van der Waals surface area contributed by atoms with Gasteiger partial charge in [-0.15, -0.1) is 0 Å². The van der Waals surface area contributed by atoms with Crippen LogP contribution >= 0.6 is 0 Å². The van der Waals surface area contributed by atoms with Gasteiger partial charge in [0.25, 0.3) is 0 Å². The highest BCUT2D eigenvalue weighted by atomic mass is 16.3. The fraction of sp³-hybridized carbons (Fsp3) is 0.433. The smallest absolute Gasteiger partial charge is 0.246 e. The molecule has 93 heavy (non-hydrogen) atoms. The third-order valence-electron chi connectivity index (χ3n) is 17.0. The third-order valence-corrected chi connectivity index (χ3v) is 17.0. The predicted molar refractivity (Wildman–Crippen MR) is 347 cm³/mol. The SMILES string of the molecule is CC(C)C[C@H](NC(=O)[C@H](Cc1c[nH]c2ccccc12)NC(=O)[C@H](Cc1c[nH]c2ccccc12)NC(=O)[C@@H]1CCCN1C(=O)[C@@H](N)Cc1ccccc1)C(=O)N[C@@H](CO)C(=O)NCC(=O)N[C@@H](CCCCN)C(=O)N[C@@H](Cc1ccc(O)cc1)C(=O)N1CCC[C@H]1C(N)=O. The highest BCUT2D eigenvalue weighted by Crippen LogP contribution is 2.25. The molecule has 2 aliphatic rings. The first-order valence-electron chi connectivity index (χ1n) is 31.7. The topological polar surface area (TPSA) is 411 Å². The molecule has 2 fully saturated rings. The van der Waals surface area contributed by atoms with Gasteiger partial charge in [0.2, 0.25) is 59.1 Å². The normalized spacial score (nSPS) is 16.9. The van der Waals surface area contributed by atoms with E-state index in [1.54, 1.807) is 38.4 Å². The van der Waals surface area contributed by atoms with Crippen molar-refractivity contribution < 1.29 is 58.2 Å². The lowest BCUT2D eigenvalue weighted by molar-refractivity contribution is -0.141. The molecule has 4 heterocycles. The summed E-state index contributed by atoms with van der Waals surface area (Å²) in [6, 6.07) is 19.1. The number of benzene rings is 4. The number of H-pyrrole nitrogens is 2. The van der Waals surface area contributed by atoms with Gasteiger partial charge in [-0.2, -0.15) is 0 Å². The number of carbonyl (C=O) groups is 10. The van der Waals surface area contributed by atoms with Crippen molar-refractivity contribution in [2.75, 3.05) is 32.8 Å². The Kier molecular flexibility index (Phi) is 24.6. The van der Waals surface area contributed by atoms with Crippen molar-refractivity contribution in [3.63, 3.8) is 0 Å². The van der Waals surface area contributed by atoms with Crippen molar-refractivity contribution in [3.05, 3.63) is 138 Å². The van der Waals surface area contributed by atoms with Gasteiger partial charge in [0.1, 0.15) is 54.1 Å². The number of phenols is 1. The molecule has 26 nitrogen and oxygen atoms in total. The van der Waals surface area contributed by atoms with Crippen molar-refractivity contribution in [1.29, 1.82) is 0 Å². The number of amides is 10. The molecule has 2 saturated heterocycles. The maximum Gasteiger partial charge on any atom is 0.246 e. The summed E-state index contributed by atoms with van der Waals surface area (Å²) in [4.78, 5) is 150. The number of aromatic amines is 2. The number of para-hydroxylation sites is 2. The first-order valence-corrected chi connectivity index (χ1v) is 31.7. The standard InChI is InChI=1S/C67H86N14O12/c1-39(2)30-51(62(88)79-55(38-82)60(86)73-37-58(84)74-50(20-10-11-27-68)61(87)78-54(32-41-23-25-44(83)26-24-41)67(93)80-28-12-21-56(80)59(70)85)75-63(89)52(33-42-35-71-48-18-8-6-16-45(42)48)76-64(90)53(34-43-36-72-49-19-9-7-17-46(43)49)77-65(91)57-22-13-29-81(57)66(92)47(69)31-40-14-4-3-5-15-40/h3-9,14-19,23-26,35-36,39,47,50-57,71-72,82-83H,10-13,20-22,27-34,37-38,68-69H2,1-2H3,(H2,70,85)(H,73,86)(H,74,84)(H,75,89)(H,76,90)(H,77,91)(H,78,87)(H,79,88)/t47-,50-,51-,52-,53-,54-,55-,56-,57-/m0/s1. The first kappa shape index (κ1) is 69.2. The predicted octanol–water partition coefficient (Wildman–Crippen LogP) is 0.612. The number of phenolic OH excluding ortho intramolecular Hbond substituents is 1. The Morgan fingerprint density at radius 3 is 1.67 bits per heavy atom. The summed E-state index contributed by atoms with van der Waals surface area (Å²) in [7, 11) is 0. The number of aromatic hydroxyl groups is 1. The van der Waals surface area contributed by atoms with Crippen molar-refractivity contribution in [3.8, 4) is 5.75 Å². The van der Waals surface area contributed by atoms with Crippen molar-refractivity contribution in [2.24, 2.45) is 23.1 Å². The molecular weight excluding hydrogens is 1190 g/mol. The molecule has 0 aliphatic carbocycles. The monoisotopic (exact) mass is 1280 g/mol. The minimum atomic E-state index is -1.66. The molecular formula is C67H86N14O12. The van der Waals surface area contributed by atoms with Gasteiger partial charge in [0.05, 0.1) is 19.2 Å². The number of hydrogen-bond acceptors (Lipinski definition) is 14. The Labute approximate surface area is 538 Å². The molecule has 6 aromatic rings. The lowest BCUT2D eigenvalue weighted by Gasteiger charge is -2.29. The number of carbonyl (C=O) groups excluding carboxylic acids is 10. The molecule has 9 atom stereocenters. The highest BCUT2D eigenvalue weighted by molar-refractivity contribution is 5.99. The van der Waals surface area contributed by atoms with Crippen LogP contribution in [0.1, 0.15) is 87.5 Å². The van der Waals surface area contributed by atoms with Crippen LogP contribution in [0, 0.1) is 5.92 Å². The van der Waals surface area contributed by atoms with Crippen molar-refractivity contribution >= 4 is 80.9 Å². The van der Waals surface area contributed by atoms with Gasteiger partial charge in [0, 0.05) is 66.6 Å². The fourth-order valence-electron chi connectivity index (χ4n) is 12.1. The summed E-state index contributed by atoms with van der Waals surface area (Å²) < 4.78 is 0. The first-order chi connectivity index (χ1) is 44.7. The van der Waals surface area contributed by atoms with E-state index in [0.29, 0.717) is 55.2 Å². The molecule has 2 aliphatic heterocycles. The number of hydrogen-bond donors (Lipinski definition) is 14. The largest absolute Gasteiger partial charge is 0.508 e. The Morgan fingerprint density at radius 2 is 1.08 bits per heavy atom. The van der Waals surface area contributed by atoms with Gasteiger partial charge in [-0.05, 0) is 117 Å². The molecule has 4 aromatic carbocycles. The van der Waals surface area contributed by atoms with E-state index in [-0.39, 0.29) is 69.8 Å². The lowest BCUT2D eigenvalue weighted by atomic mass is 9.99.